The number of amides is 1. The van der Waals surface area contributed by atoms with Crippen LogP contribution in [0, 0.1) is 0 Å². The van der Waals surface area contributed by atoms with E-state index in [9.17, 15) is 4.79 Å². The van der Waals surface area contributed by atoms with Crippen LogP contribution in [0.2, 0.25) is 0 Å². The van der Waals surface area contributed by atoms with Crippen molar-refractivity contribution in [2.75, 3.05) is 0 Å². The molecule has 1 heterocycles. The van der Waals surface area contributed by atoms with Crippen LogP contribution in [0.3, 0.4) is 0 Å². The lowest BCUT2D eigenvalue weighted by molar-refractivity contribution is -0.153. The first-order valence-electron chi connectivity index (χ1n) is 3.74. The molecule has 0 spiro atoms. The van der Waals surface area contributed by atoms with Crippen molar-refractivity contribution in [3.8, 4) is 0 Å². The lowest BCUT2D eigenvalue weighted by Crippen LogP contribution is -2.36. The van der Waals surface area contributed by atoms with Gasteiger partial charge in [-0.15, -0.1) is 6.58 Å². The molecule has 1 aliphatic rings. The molecule has 4 nitrogen and oxygen atoms in total. The minimum Gasteiger partial charge on any atom is -0.367 e. The summed E-state index contributed by atoms with van der Waals surface area (Å²) in [4.78, 5) is 10.8. The molecule has 1 amide bonds. The molecule has 2 N–H and O–H groups in total. The number of carbonyl (C=O) groups is 1. The predicted molar refractivity (Wildman–Crippen MR) is 43.2 cm³/mol. The van der Waals surface area contributed by atoms with Crippen LogP contribution in [0.5, 0.6) is 0 Å². The molecule has 0 saturated carbocycles. The number of ether oxygens (including phenoxy) is 2. The molecule has 4 heteroatoms. The van der Waals surface area contributed by atoms with Crippen LogP contribution < -0.4 is 5.73 Å². The van der Waals surface area contributed by atoms with E-state index in [0.717, 1.165) is 0 Å². The Labute approximate surface area is 71.3 Å². The molecule has 0 unspecified atom stereocenters. The summed E-state index contributed by atoms with van der Waals surface area (Å²) < 4.78 is 10.6. The summed E-state index contributed by atoms with van der Waals surface area (Å²) in [5.41, 5.74) is 5.09. The standard InChI is InChI=1S/C8H13NO3/c1-4-5-6(7(9)10)12-8(2,3)11-5/h4-6H,1H2,2-3H3,(H2,9,10)/t5-,6-/m1/s1. The highest BCUT2D eigenvalue weighted by atomic mass is 16.8. The number of carbonyl (C=O) groups excluding carboxylic acids is 1. The van der Waals surface area contributed by atoms with Crippen LogP contribution >= 0.6 is 0 Å². The molecule has 0 bridgehead atoms. The van der Waals surface area contributed by atoms with E-state index in [0.29, 0.717) is 0 Å². The Kier molecular flexibility index (Phi) is 2.21. The highest BCUT2D eigenvalue weighted by Crippen LogP contribution is 2.28. The number of primary amides is 1. The van der Waals surface area contributed by atoms with Gasteiger partial charge < -0.3 is 15.2 Å². The second kappa shape index (κ2) is 2.88. The second-order valence-electron chi connectivity index (χ2n) is 3.16. The van der Waals surface area contributed by atoms with Gasteiger partial charge in [0, 0.05) is 0 Å². The molecule has 1 rings (SSSR count). The summed E-state index contributed by atoms with van der Waals surface area (Å²) in [6.45, 7) is 6.99. The molecule has 0 aromatic carbocycles. The van der Waals surface area contributed by atoms with Crippen molar-refractivity contribution < 1.29 is 14.3 Å². The summed E-state index contributed by atoms with van der Waals surface area (Å²) in [5, 5.41) is 0. The average Bonchev–Trinajstić information content (AvgIpc) is 2.25. The first kappa shape index (κ1) is 9.22. The Morgan fingerprint density at radius 3 is 2.50 bits per heavy atom. The molecule has 12 heavy (non-hydrogen) atoms. The summed E-state index contributed by atoms with van der Waals surface area (Å²) in [7, 11) is 0. The van der Waals surface area contributed by atoms with Crippen LogP contribution in [0.4, 0.5) is 0 Å². The largest absolute Gasteiger partial charge is 0.367 e. The van der Waals surface area contributed by atoms with Gasteiger partial charge in [-0.3, -0.25) is 4.79 Å². The van der Waals surface area contributed by atoms with Crippen molar-refractivity contribution in [1.82, 2.24) is 0 Å². The van der Waals surface area contributed by atoms with Gasteiger partial charge in [0.1, 0.15) is 6.10 Å². The second-order valence-corrected chi connectivity index (χ2v) is 3.16. The van der Waals surface area contributed by atoms with Gasteiger partial charge in [-0.05, 0) is 13.8 Å². The highest BCUT2D eigenvalue weighted by molar-refractivity contribution is 5.80. The lowest BCUT2D eigenvalue weighted by Gasteiger charge is -2.15. The topological polar surface area (TPSA) is 61.6 Å². The zero-order valence-electron chi connectivity index (χ0n) is 7.24. The Hall–Kier alpha value is -0.870. The summed E-state index contributed by atoms with van der Waals surface area (Å²) in [5.74, 6) is -1.27. The third-order valence-electron chi connectivity index (χ3n) is 1.64. The van der Waals surface area contributed by atoms with E-state index in [1.807, 2.05) is 0 Å². The lowest BCUT2D eigenvalue weighted by atomic mass is 10.2. The van der Waals surface area contributed by atoms with E-state index in [2.05, 4.69) is 6.58 Å². The Morgan fingerprint density at radius 1 is 1.58 bits per heavy atom. The third kappa shape index (κ3) is 1.65. The van der Waals surface area contributed by atoms with E-state index in [1.54, 1.807) is 13.8 Å². The van der Waals surface area contributed by atoms with Crippen molar-refractivity contribution >= 4 is 5.91 Å². The van der Waals surface area contributed by atoms with Gasteiger partial charge in [-0.2, -0.15) is 0 Å². The molecule has 0 aromatic rings. The van der Waals surface area contributed by atoms with Gasteiger partial charge >= 0.3 is 0 Å². The summed E-state index contributed by atoms with van der Waals surface area (Å²) in [6.07, 6.45) is 0.375. The molecule has 0 aromatic heterocycles. The molecular weight excluding hydrogens is 158 g/mol. The minimum absolute atomic E-state index is 0.433. The summed E-state index contributed by atoms with van der Waals surface area (Å²) in [6, 6.07) is 0. The molecule has 0 radical (unpaired) electrons. The quantitative estimate of drug-likeness (QED) is 0.603. The maximum absolute atomic E-state index is 10.8. The molecule has 1 saturated heterocycles. The van der Waals surface area contributed by atoms with Gasteiger partial charge in [0.25, 0.3) is 0 Å². The number of hydrogen-bond donors (Lipinski definition) is 1. The minimum atomic E-state index is -0.751. The average molecular weight is 171 g/mol. The number of rotatable bonds is 2. The zero-order chi connectivity index (χ0) is 9.35. The fraction of sp³-hybridized carbons (Fsp3) is 0.625. The normalized spacial score (nSPS) is 33.2. The van der Waals surface area contributed by atoms with E-state index in [1.165, 1.54) is 6.08 Å². The van der Waals surface area contributed by atoms with Crippen LogP contribution in [-0.2, 0) is 14.3 Å². The van der Waals surface area contributed by atoms with Crippen molar-refractivity contribution in [3.05, 3.63) is 12.7 Å². The fourth-order valence-electron chi connectivity index (χ4n) is 1.18. The molecule has 1 fully saturated rings. The molecule has 68 valence electrons. The highest BCUT2D eigenvalue weighted by Gasteiger charge is 2.42. The summed E-state index contributed by atoms with van der Waals surface area (Å²) >= 11 is 0. The van der Waals surface area contributed by atoms with Crippen LogP contribution in [0.15, 0.2) is 12.7 Å². The predicted octanol–water partition coefficient (Wildman–Crippen LogP) is 0.178. The maximum Gasteiger partial charge on any atom is 0.249 e. The van der Waals surface area contributed by atoms with E-state index in [-0.39, 0.29) is 0 Å². The van der Waals surface area contributed by atoms with E-state index < -0.39 is 23.9 Å². The van der Waals surface area contributed by atoms with Gasteiger partial charge in [0.2, 0.25) is 5.91 Å². The van der Waals surface area contributed by atoms with Gasteiger partial charge in [-0.25, -0.2) is 0 Å². The first-order chi connectivity index (χ1) is 5.46. The van der Waals surface area contributed by atoms with Gasteiger partial charge in [-0.1, -0.05) is 6.08 Å². The number of nitrogens with two attached hydrogens (primary N) is 1. The Balaban J connectivity index is 2.76. The molecular formula is C8H13NO3. The van der Waals surface area contributed by atoms with E-state index >= 15 is 0 Å². The van der Waals surface area contributed by atoms with Crippen molar-refractivity contribution in [1.29, 1.82) is 0 Å². The zero-order valence-corrected chi connectivity index (χ0v) is 7.24. The molecule has 2 atom stereocenters. The van der Waals surface area contributed by atoms with E-state index in [4.69, 9.17) is 15.2 Å². The van der Waals surface area contributed by atoms with Crippen LogP contribution in [0.25, 0.3) is 0 Å². The Morgan fingerprint density at radius 2 is 2.17 bits per heavy atom. The fourth-order valence-corrected chi connectivity index (χ4v) is 1.18. The van der Waals surface area contributed by atoms with Crippen LogP contribution in [-0.4, -0.2) is 23.9 Å². The Bertz CT molecular complexity index is 212. The van der Waals surface area contributed by atoms with Crippen molar-refractivity contribution in [2.45, 2.75) is 31.8 Å². The van der Waals surface area contributed by atoms with Gasteiger partial charge in [0.15, 0.2) is 11.9 Å². The van der Waals surface area contributed by atoms with Gasteiger partial charge in [0.05, 0.1) is 0 Å². The smallest absolute Gasteiger partial charge is 0.249 e. The monoisotopic (exact) mass is 171 g/mol. The SMILES string of the molecule is C=C[C@H]1OC(C)(C)O[C@H]1C(N)=O. The molecule has 1 aliphatic heterocycles. The van der Waals surface area contributed by atoms with Crippen molar-refractivity contribution in [2.24, 2.45) is 5.73 Å². The third-order valence-corrected chi connectivity index (χ3v) is 1.64. The first-order valence-corrected chi connectivity index (χ1v) is 3.74. The number of hydrogen-bond acceptors (Lipinski definition) is 3. The molecule has 0 aliphatic carbocycles. The van der Waals surface area contributed by atoms with Crippen molar-refractivity contribution in [3.63, 3.8) is 0 Å². The van der Waals surface area contributed by atoms with Crippen LogP contribution in [0.1, 0.15) is 13.8 Å². The maximum atomic E-state index is 10.8.